The summed E-state index contributed by atoms with van der Waals surface area (Å²) in [5.74, 6) is -0.0282. The second-order valence-electron chi connectivity index (χ2n) is 4.13. The Morgan fingerprint density at radius 3 is 1.81 bits per heavy atom. The van der Waals surface area contributed by atoms with Gasteiger partial charge in [0.15, 0.2) is 0 Å². The van der Waals surface area contributed by atoms with Gasteiger partial charge in [-0.2, -0.15) is 0 Å². The van der Waals surface area contributed by atoms with E-state index in [1.54, 1.807) is 0 Å². The number of amides is 2. The van der Waals surface area contributed by atoms with E-state index in [1.165, 1.54) is 0 Å². The lowest BCUT2D eigenvalue weighted by molar-refractivity contribution is -0.119. The van der Waals surface area contributed by atoms with Crippen molar-refractivity contribution in [2.45, 2.75) is 46.0 Å². The van der Waals surface area contributed by atoms with E-state index in [9.17, 15) is 9.59 Å². The maximum Gasteiger partial charge on any atom is 0.217 e. The highest BCUT2D eigenvalue weighted by molar-refractivity contribution is 5.74. The van der Waals surface area contributed by atoms with E-state index in [0.29, 0.717) is 25.3 Å². The SMILES string of the molecule is CC(C)CC(N)=O.NCCCCCC(N)=O. The highest BCUT2D eigenvalue weighted by Crippen LogP contribution is 1.96. The number of unbranched alkanes of at least 4 members (excludes halogenated alkanes) is 2. The van der Waals surface area contributed by atoms with Crippen molar-refractivity contribution >= 4 is 11.8 Å². The predicted molar refractivity (Wildman–Crippen MR) is 65.4 cm³/mol. The molecule has 2 amide bonds. The van der Waals surface area contributed by atoms with Gasteiger partial charge < -0.3 is 17.2 Å². The van der Waals surface area contributed by atoms with Crippen LogP contribution in [0.5, 0.6) is 0 Å². The van der Waals surface area contributed by atoms with Gasteiger partial charge in [-0.3, -0.25) is 9.59 Å². The molecule has 5 heteroatoms. The van der Waals surface area contributed by atoms with Crippen LogP contribution in [0.15, 0.2) is 0 Å². The summed E-state index contributed by atoms with van der Waals surface area (Å²) in [5.41, 5.74) is 15.0. The van der Waals surface area contributed by atoms with Gasteiger partial charge in [0, 0.05) is 12.8 Å². The van der Waals surface area contributed by atoms with Gasteiger partial charge in [-0.15, -0.1) is 0 Å². The average molecular weight is 231 g/mol. The van der Waals surface area contributed by atoms with Crippen molar-refractivity contribution < 1.29 is 9.59 Å². The predicted octanol–water partition coefficient (Wildman–Crippen LogP) is 0.509. The van der Waals surface area contributed by atoms with Gasteiger partial charge in [0.05, 0.1) is 0 Å². The number of carbonyl (C=O) groups excluding carboxylic acids is 2. The van der Waals surface area contributed by atoms with E-state index >= 15 is 0 Å². The summed E-state index contributed by atoms with van der Waals surface area (Å²) in [7, 11) is 0. The fourth-order valence-corrected chi connectivity index (χ4v) is 1.02. The van der Waals surface area contributed by atoms with E-state index < -0.39 is 0 Å². The maximum atomic E-state index is 10.2. The van der Waals surface area contributed by atoms with Crippen molar-refractivity contribution in [1.82, 2.24) is 0 Å². The molecule has 0 heterocycles. The Hall–Kier alpha value is -1.10. The highest BCUT2D eigenvalue weighted by Gasteiger charge is 1.96. The number of hydrogen-bond acceptors (Lipinski definition) is 3. The van der Waals surface area contributed by atoms with Crippen LogP contribution in [0.3, 0.4) is 0 Å². The molecule has 0 aliphatic heterocycles. The fraction of sp³-hybridized carbons (Fsp3) is 0.818. The largest absolute Gasteiger partial charge is 0.370 e. The molecule has 0 saturated carbocycles. The Balaban J connectivity index is 0. The molecule has 0 unspecified atom stereocenters. The molecule has 0 spiro atoms. The molecule has 0 aromatic rings. The van der Waals surface area contributed by atoms with Gasteiger partial charge in [0.1, 0.15) is 0 Å². The van der Waals surface area contributed by atoms with Crippen molar-refractivity contribution in [1.29, 1.82) is 0 Å². The van der Waals surface area contributed by atoms with E-state index in [1.807, 2.05) is 13.8 Å². The van der Waals surface area contributed by atoms with Crippen LogP contribution >= 0.6 is 0 Å². The molecular formula is C11H25N3O2. The van der Waals surface area contributed by atoms with Crippen LogP contribution in [-0.2, 0) is 9.59 Å². The second kappa shape index (κ2) is 12.0. The average Bonchev–Trinajstić information content (AvgIpc) is 2.11. The minimum Gasteiger partial charge on any atom is -0.370 e. The van der Waals surface area contributed by atoms with Crippen LogP contribution in [0.4, 0.5) is 0 Å². The smallest absolute Gasteiger partial charge is 0.217 e. The molecular weight excluding hydrogens is 206 g/mol. The molecule has 0 aliphatic carbocycles. The zero-order valence-corrected chi connectivity index (χ0v) is 10.4. The minimum absolute atomic E-state index is 0.213. The summed E-state index contributed by atoms with van der Waals surface area (Å²) in [6.07, 6.45) is 3.89. The number of rotatable bonds is 7. The summed E-state index contributed by atoms with van der Waals surface area (Å²) >= 11 is 0. The number of nitrogens with two attached hydrogens (primary N) is 3. The van der Waals surface area contributed by atoms with Gasteiger partial charge in [0.2, 0.25) is 11.8 Å². The lowest BCUT2D eigenvalue weighted by Gasteiger charge is -1.95. The third-order valence-corrected chi connectivity index (χ3v) is 1.74. The Bertz CT molecular complexity index is 194. The molecule has 6 N–H and O–H groups in total. The quantitative estimate of drug-likeness (QED) is 0.555. The van der Waals surface area contributed by atoms with Gasteiger partial charge in [0.25, 0.3) is 0 Å². The van der Waals surface area contributed by atoms with Crippen molar-refractivity contribution in [3.8, 4) is 0 Å². The van der Waals surface area contributed by atoms with Gasteiger partial charge in [-0.05, 0) is 25.3 Å². The van der Waals surface area contributed by atoms with Crippen LogP contribution in [0.1, 0.15) is 46.0 Å². The third-order valence-electron chi connectivity index (χ3n) is 1.74. The number of hydrogen-bond donors (Lipinski definition) is 3. The Labute approximate surface area is 97.7 Å². The molecule has 0 aromatic carbocycles. The van der Waals surface area contributed by atoms with E-state index in [0.717, 1.165) is 19.3 Å². The van der Waals surface area contributed by atoms with Crippen molar-refractivity contribution in [2.24, 2.45) is 23.1 Å². The van der Waals surface area contributed by atoms with Crippen LogP contribution in [0, 0.1) is 5.92 Å². The molecule has 16 heavy (non-hydrogen) atoms. The molecule has 0 atom stereocenters. The number of carbonyl (C=O) groups is 2. The Morgan fingerprint density at radius 1 is 1.00 bits per heavy atom. The first-order valence-corrected chi connectivity index (χ1v) is 5.66. The normalized spacial score (nSPS) is 9.50. The molecule has 96 valence electrons. The fourth-order valence-electron chi connectivity index (χ4n) is 1.02. The van der Waals surface area contributed by atoms with Crippen LogP contribution in [0.2, 0.25) is 0 Å². The monoisotopic (exact) mass is 231 g/mol. The van der Waals surface area contributed by atoms with E-state index in [4.69, 9.17) is 17.2 Å². The molecule has 0 aromatic heterocycles. The van der Waals surface area contributed by atoms with Crippen molar-refractivity contribution in [2.75, 3.05) is 6.54 Å². The lowest BCUT2D eigenvalue weighted by atomic mass is 10.1. The Kier molecular flexibility index (Phi) is 12.9. The highest BCUT2D eigenvalue weighted by atomic mass is 16.1. The van der Waals surface area contributed by atoms with Crippen molar-refractivity contribution in [3.05, 3.63) is 0 Å². The summed E-state index contributed by atoms with van der Waals surface area (Å²) in [6.45, 7) is 4.63. The molecule has 0 aliphatic rings. The van der Waals surface area contributed by atoms with Gasteiger partial charge in [-0.25, -0.2) is 0 Å². The molecule has 0 fully saturated rings. The maximum absolute atomic E-state index is 10.2. The summed E-state index contributed by atoms with van der Waals surface area (Å²) in [6, 6.07) is 0. The third kappa shape index (κ3) is 23.1. The molecule has 0 bridgehead atoms. The van der Waals surface area contributed by atoms with E-state index in [2.05, 4.69) is 0 Å². The lowest BCUT2D eigenvalue weighted by Crippen LogP contribution is -2.12. The van der Waals surface area contributed by atoms with Gasteiger partial charge in [-0.1, -0.05) is 20.3 Å². The molecule has 0 radical (unpaired) electrons. The standard InChI is InChI=1S/C6H14N2O.C5H11NO/c7-5-3-1-2-4-6(8)9;1-4(2)3-5(6)7/h1-5,7H2,(H2,8,9);4H,3H2,1-2H3,(H2,6,7). The van der Waals surface area contributed by atoms with Crippen LogP contribution < -0.4 is 17.2 Å². The minimum atomic E-state index is -0.216. The van der Waals surface area contributed by atoms with E-state index in [-0.39, 0.29) is 11.8 Å². The molecule has 5 nitrogen and oxygen atoms in total. The summed E-state index contributed by atoms with van der Waals surface area (Å²) in [4.78, 5) is 20.2. The number of primary amides is 2. The second-order valence-corrected chi connectivity index (χ2v) is 4.13. The molecule has 0 saturated heterocycles. The zero-order chi connectivity index (χ0) is 13.0. The first kappa shape index (κ1) is 17.3. The first-order chi connectivity index (χ1) is 7.40. The van der Waals surface area contributed by atoms with Gasteiger partial charge >= 0.3 is 0 Å². The summed E-state index contributed by atoms with van der Waals surface area (Å²) < 4.78 is 0. The Morgan fingerprint density at radius 2 is 1.56 bits per heavy atom. The van der Waals surface area contributed by atoms with Crippen LogP contribution in [0.25, 0.3) is 0 Å². The topological polar surface area (TPSA) is 112 Å². The zero-order valence-electron chi connectivity index (χ0n) is 10.4. The molecule has 0 rings (SSSR count). The first-order valence-electron chi connectivity index (χ1n) is 5.66. The van der Waals surface area contributed by atoms with Crippen LogP contribution in [-0.4, -0.2) is 18.4 Å². The summed E-state index contributed by atoms with van der Waals surface area (Å²) in [5, 5.41) is 0. The van der Waals surface area contributed by atoms with Crippen molar-refractivity contribution in [3.63, 3.8) is 0 Å².